The van der Waals surface area contributed by atoms with Gasteiger partial charge in [-0.1, -0.05) is 23.6 Å². The van der Waals surface area contributed by atoms with Gasteiger partial charge in [-0.2, -0.15) is 15.4 Å². The zero-order valence-corrected chi connectivity index (χ0v) is 16.7. The fraction of sp³-hybridized carbons (Fsp3) is 0.500. The number of hydrogen-bond donors (Lipinski definition) is 2. The number of likely N-dealkylation sites (tertiary alicyclic amines) is 1. The van der Waals surface area contributed by atoms with E-state index in [2.05, 4.69) is 30.9 Å². The van der Waals surface area contributed by atoms with Gasteiger partial charge in [0.15, 0.2) is 0 Å². The Morgan fingerprint density at radius 3 is 2.83 bits per heavy atom. The van der Waals surface area contributed by atoms with E-state index in [4.69, 9.17) is 16.0 Å². The Labute approximate surface area is 174 Å². The van der Waals surface area contributed by atoms with Crippen LogP contribution in [0.15, 0.2) is 16.5 Å². The standard InChI is InChI=1S/C18H18ClF2N7O2/c1-2-11(15(29)28-6-5-17(8-28)7-18(17,20)21)22-16-26-25-14(30-16)9-3-4-10(19)13-12(9)23-27-24-13/h3-4,11H,2,5-8H2,1H3,(H,22,26)(H,23,24,27)/t11-,17-/m0/s1. The highest BCUT2D eigenvalue weighted by Gasteiger charge is 2.73. The van der Waals surface area contributed by atoms with Gasteiger partial charge in [0.1, 0.15) is 17.1 Å². The van der Waals surface area contributed by atoms with E-state index in [1.165, 1.54) is 4.90 Å². The molecule has 2 N–H and O–H groups in total. The number of aromatic nitrogens is 5. The number of hydrogen-bond acceptors (Lipinski definition) is 7. The van der Waals surface area contributed by atoms with Gasteiger partial charge in [0, 0.05) is 19.5 Å². The van der Waals surface area contributed by atoms with Crippen molar-refractivity contribution in [3.8, 4) is 11.5 Å². The van der Waals surface area contributed by atoms with Crippen molar-refractivity contribution in [1.82, 2.24) is 30.5 Å². The molecule has 1 aliphatic heterocycles. The summed E-state index contributed by atoms with van der Waals surface area (Å²) in [6.07, 6.45) is 0.626. The Bertz CT molecular complexity index is 1130. The molecule has 9 nitrogen and oxygen atoms in total. The Kier molecular flexibility index (Phi) is 4.21. The first-order chi connectivity index (χ1) is 14.3. The average Bonchev–Trinajstić information content (AvgIpc) is 3.27. The van der Waals surface area contributed by atoms with Crippen molar-refractivity contribution >= 4 is 34.6 Å². The van der Waals surface area contributed by atoms with Crippen LogP contribution in [-0.4, -0.2) is 61.5 Å². The van der Waals surface area contributed by atoms with E-state index >= 15 is 0 Å². The first-order valence-corrected chi connectivity index (χ1v) is 9.97. The Morgan fingerprint density at radius 2 is 2.13 bits per heavy atom. The molecule has 3 aromatic rings. The number of fused-ring (bicyclic) bond motifs is 1. The molecular formula is C18H18ClF2N7O2. The molecule has 5 rings (SSSR count). The number of rotatable bonds is 5. The van der Waals surface area contributed by atoms with Crippen molar-refractivity contribution in [2.75, 3.05) is 18.4 Å². The SMILES string of the molecule is CC[C@H](Nc1nnc(-c2ccc(Cl)c3n[nH]nc23)o1)C(=O)N1CC[C@@]2(C1)CC2(F)F. The second-order valence-corrected chi connectivity index (χ2v) is 8.21. The fourth-order valence-electron chi connectivity index (χ4n) is 4.05. The van der Waals surface area contributed by atoms with E-state index < -0.39 is 17.4 Å². The maximum Gasteiger partial charge on any atom is 0.316 e. The van der Waals surface area contributed by atoms with Crippen LogP contribution >= 0.6 is 11.6 Å². The number of H-pyrrole nitrogens is 1. The first kappa shape index (κ1) is 19.2. The molecule has 12 heteroatoms. The van der Waals surface area contributed by atoms with Crippen LogP contribution in [0.3, 0.4) is 0 Å². The lowest BCUT2D eigenvalue weighted by atomic mass is 10.1. The number of benzene rings is 1. The lowest BCUT2D eigenvalue weighted by Crippen LogP contribution is -2.42. The van der Waals surface area contributed by atoms with Gasteiger partial charge in [0.25, 0.3) is 11.8 Å². The predicted octanol–water partition coefficient (Wildman–Crippen LogP) is 3.11. The van der Waals surface area contributed by atoms with Crippen molar-refractivity contribution < 1.29 is 18.0 Å². The second kappa shape index (κ2) is 6.59. The topological polar surface area (TPSA) is 113 Å². The summed E-state index contributed by atoms with van der Waals surface area (Å²) in [6, 6.07) is 2.74. The molecule has 1 aromatic carbocycles. The normalized spacial score (nSPS) is 23.3. The quantitative estimate of drug-likeness (QED) is 0.630. The van der Waals surface area contributed by atoms with E-state index in [9.17, 15) is 13.6 Å². The molecule has 158 valence electrons. The van der Waals surface area contributed by atoms with Crippen LogP contribution in [0.25, 0.3) is 22.5 Å². The highest BCUT2D eigenvalue weighted by atomic mass is 35.5. The Morgan fingerprint density at radius 1 is 1.37 bits per heavy atom. The van der Waals surface area contributed by atoms with Gasteiger partial charge in [-0.05, 0) is 25.0 Å². The molecule has 1 amide bonds. The Hall–Kier alpha value is -2.82. The number of aromatic amines is 1. The van der Waals surface area contributed by atoms with Crippen LogP contribution in [0.5, 0.6) is 0 Å². The summed E-state index contributed by atoms with van der Waals surface area (Å²) in [6.45, 7) is 2.24. The average molecular weight is 438 g/mol. The van der Waals surface area contributed by atoms with Crippen molar-refractivity contribution in [2.24, 2.45) is 5.41 Å². The maximum absolute atomic E-state index is 13.6. The van der Waals surface area contributed by atoms with Crippen LogP contribution < -0.4 is 5.32 Å². The number of carbonyl (C=O) groups is 1. The Balaban J connectivity index is 1.32. The van der Waals surface area contributed by atoms with Gasteiger partial charge < -0.3 is 14.6 Å². The zero-order chi connectivity index (χ0) is 21.1. The molecule has 2 aliphatic rings. The number of carbonyl (C=O) groups excluding carboxylic acids is 1. The molecule has 2 atom stereocenters. The van der Waals surface area contributed by atoms with Gasteiger partial charge in [0.05, 0.1) is 16.0 Å². The molecule has 30 heavy (non-hydrogen) atoms. The summed E-state index contributed by atoms with van der Waals surface area (Å²) in [4.78, 5) is 14.4. The lowest BCUT2D eigenvalue weighted by molar-refractivity contribution is -0.131. The molecule has 1 aliphatic carbocycles. The fourth-order valence-corrected chi connectivity index (χ4v) is 4.25. The number of halogens is 3. The molecule has 0 unspecified atom stereocenters. The minimum absolute atomic E-state index is 0.0578. The number of amides is 1. The molecular weight excluding hydrogens is 420 g/mol. The summed E-state index contributed by atoms with van der Waals surface area (Å²) in [5, 5.41) is 21.9. The van der Waals surface area contributed by atoms with Crippen molar-refractivity contribution in [3.05, 3.63) is 17.2 Å². The van der Waals surface area contributed by atoms with Crippen molar-refractivity contribution in [1.29, 1.82) is 0 Å². The number of alkyl halides is 2. The van der Waals surface area contributed by atoms with Crippen LogP contribution in [0.2, 0.25) is 5.02 Å². The summed E-state index contributed by atoms with van der Waals surface area (Å²) >= 11 is 6.10. The smallest absolute Gasteiger partial charge is 0.316 e. The summed E-state index contributed by atoms with van der Waals surface area (Å²) in [5.41, 5.74) is 0.466. The molecule has 2 aromatic heterocycles. The number of nitrogens with one attached hydrogen (secondary N) is 2. The minimum Gasteiger partial charge on any atom is -0.403 e. The third kappa shape index (κ3) is 2.91. The van der Waals surface area contributed by atoms with E-state index in [0.29, 0.717) is 41.0 Å². The first-order valence-electron chi connectivity index (χ1n) is 9.59. The van der Waals surface area contributed by atoms with Crippen LogP contribution in [0.4, 0.5) is 14.8 Å². The van der Waals surface area contributed by atoms with Gasteiger partial charge in [-0.25, -0.2) is 8.78 Å². The maximum atomic E-state index is 13.6. The van der Waals surface area contributed by atoms with Gasteiger partial charge in [0.2, 0.25) is 5.91 Å². The summed E-state index contributed by atoms with van der Waals surface area (Å²) < 4.78 is 32.9. The van der Waals surface area contributed by atoms with Crippen molar-refractivity contribution in [3.63, 3.8) is 0 Å². The molecule has 1 saturated carbocycles. The largest absolute Gasteiger partial charge is 0.403 e. The number of anilines is 1. The van der Waals surface area contributed by atoms with Crippen LogP contribution in [0, 0.1) is 5.41 Å². The molecule has 1 saturated heterocycles. The third-order valence-corrected chi connectivity index (χ3v) is 6.27. The van der Waals surface area contributed by atoms with Crippen LogP contribution in [0.1, 0.15) is 26.2 Å². The van der Waals surface area contributed by atoms with E-state index in [-0.39, 0.29) is 30.8 Å². The molecule has 3 heterocycles. The zero-order valence-electron chi connectivity index (χ0n) is 16.0. The lowest BCUT2D eigenvalue weighted by Gasteiger charge is -2.22. The van der Waals surface area contributed by atoms with E-state index in [1.54, 1.807) is 12.1 Å². The number of nitrogens with zero attached hydrogens (tertiary/aromatic N) is 5. The van der Waals surface area contributed by atoms with Gasteiger partial charge in [-0.15, -0.1) is 5.10 Å². The van der Waals surface area contributed by atoms with Gasteiger partial charge in [-0.3, -0.25) is 4.79 Å². The third-order valence-electron chi connectivity index (χ3n) is 5.96. The highest BCUT2D eigenvalue weighted by Crippen LogP contribution is 2.65. The van der Waals surface area contributed by atoms with Gasteiger partial charge >= 0.3 is 6.01 Å². The molecule has 0 radical (unpaired) electrons. The second-order valence-electron chi connectivity index (χ2n) is 7.80. The van der Waals surface area contributed by atoms with Crippen LogP contribution in [-0.2, 0) is 4.79 Å². The summed E-state index contributed by atoms with van der Waals surface area (Å²) in [7, 11) is 0. The summed E-state index contributed by atoms with van der Waals surface area (Å²) in [5.74, 6) is -2.72. The monoisotopic (exact) mass is 437 g/mol. The van der Waals surface area contributed by atoms with E-state index in [0.717, 1.165) is 0 Å². The molecule has 0 bridgehead atoms. The predicted molar refractivity (Wildman–Crippen MR) is 103 cm³/mol. The van der Waals surface area contributed by atoms with E-state index in [1.807, 2.05) is 6.92 Å². The molecule has 2 fully saturated rings. The molecule has 1 spiro atoms. The minimum atomic E-state index is -2.66. The van der Waals surface area contributed by atoms with Crippen molar-refractivity contribution in [2.45, 2.75) is 38.2 Å². The highest BCUT2D eigenvalue weighted by molar-refractivity contribution is 6.35.